The standard InChI is InChI=1S/C57H43N3/c1-3-12-40(13-4-1)54-58-55(41-14-5-2-6-15-41)60-56(59-54)49-18-10-9-16-47(49)39-21-19-37(20-22-39)42-23-24-43-33-50-52(34-44(43)32-42)57(45-28-35-27-36(30-45)31-46(57)29-35)51-26-25-38-11-7-8-17-48(38)53(50)51/h1-26,32-36,45-46H,27-31H2. The second-order valence-electron chi connectivity index (χ2n) is 18.0. The van der Waals surface area contributed by atoms with E-state index in [1.807, 2.05) is 36.4 Å². The summed E-state index contributed by atoms with van der Waals surface area (Å²) in [6, 6.07) is 64.3. The molecule has 14 rings (SSSR count). The first kappa shape index (κ1) is 34.2. The lowest BCUT2D eigenvalue weighted by Crippen LogP contribution is -2.55. The number of aromatic nitrogens is 3. The Morgan fingerprint density at radius 3 is 1.62 bits per heavy atom. The highest BCUT2D eigenvalue weighted by Gasteiger charge is 2.61. The summed E-state index contributed by atoms with van der Waals surface area (Å²) in [5.74, 6) is 5.30. The Hall–Kier alpha value is -6.71. The number of fused-ring (bicyclic) bond motifs is 6. The number of rotatable bonds is 5. The van der Waals surface area contributed by atoms with Crippen LogP contribution in [0.1, 0.15) is 43.2 Å². The van der Waals surface area contributed by atoms with Gasteiger partial charge in [0.15, 0.2) is 17.5 Å². The van der Waals surface area contributed by atoms with E-state index in [2.05, 4.69) is 140 Å². The van der Waals surface area contributed by atoms with Gasteiger partial charge in [-0.1, -0.05) is 158 Å². The summed E-state index contributed by atoms with van der Waals surface area (Å²) < 4.78 is 0. The van der Waals surface area contributed by atoms with Crippen LogP contribution in [0, 0.1) is 23.7 Å². The summed E-state index contributed by atoms with van der Waals surface area (Å²) in [4.78, 5) is 15.1. The van der Waals surface area contributed by atoms with E-state index in [0.29, 0.717) is 17.5 Å². The van der Waals surface area contributed by atoms with Gasteiger partial charge >= 0.3 is 0 Å². The van der Waals surface area contributed by atoms with Gasteiger partial charge in [-0.05, 0) is 140 Å². The monoisotopic (exact) mass is 769 g/mol. The Bertz CT molecular complexity index is 3060. The average molecular weight is 770 g/mol. The molecule has 0 unspecified atom stereocenters. The highest BCUT2D eigenvalue weighted by atomic mass is 15.0. The van der Waals surface area contributed by atoms with E-state index in [-0.39, 0.29) is 5.41 Å². The Kier molecular flexibility index (Phi) is 7.49. The molecular formula is C57H43N3. The fraction of sp³-hybridized carbons (Fsp3) is 0.175. The molecule has 0 aliphatic heterocycles. The van der Waals surface area contributed by atoms with Crippen molar-refractivity contribution in [2.45, 2.75) is 37.5 Å². The van der Waals surface area contributed by atoms with Crippen LogP contribution in [0.25, 0.3) is 89.1 Å². The van der Waals surface area contributed by atoms with Crippen molar-refractivity contribution in [3.05, 3.63) is 187 Å². The van der Waals surface area contributed by atoms with Gasteiger partial charge in [0, 0.05) is 22.1 Å². The van der Waals surface area contributed by atoms with Crippen LogP contribution in [0.15, 0.2) is 176 Å². The number of nitrogens with zero attached hydrogens (tertiary/aromatic N) is 3. The molecule has 5 aliphatic carbocycles. The van der Waals surface area contributed by atoms with Crippen LogP contribution < -0.4 is 0 Å². The Morgan fingerprint density at radius 1 is 0.350 bits per heavy atom. The molecule has 0 atom stereocenters. The van der Waals surface area contributed by atoms with Crippen molar-refractivity contribution in [1.29, 1.82) is 0 Å². The molecule has 0 radical (unpaired) electrons. The molecule has 1 spiro atoms. The lowest BCUT2D eigenvalue weighted by Gasteiger charge is -2.61. The zero-order chi connectivity index (χ0) is 39.4. The molecule has 4 fully saturated rings. The zero-order valence-corrected chi connectivity index (χ0v) is 33.4. The highest BCUT2D eigenvalue weighted by Crippen LogP contribution is 2.70. The summed E-state index contributed by atoms with van der Waals surface area (Å²) in [6.07, 6.45) is 7.03. The van der Waals surface area contributed by atoms with Gasteiger partial charge in [-0.25, -0.2) is 15.0 Å². The van der Waals surface area contributed by atoms with Gasteiger partial charge in [0.2, 0.25) is 0 Å². The molecule has 1 heterocycles. The zero-order valence-electron chi connectivity index (χ0n) is 33.4. The third-order valence-electron chi connectivity index (χ3n) is 14.9. The lowest BCUT2D eigenvalue weighted by molar-refractivity contribution is -0.0398. The topological polar surface area (TPSA) is 38.7 Å². The van der Waals surface area contributed by atoms with Gasteiger partial charge in [-0.3, -0.25) is 0 Å². The SMILES string of the molecule is c1ccc(-c2nc(-c3ccccc3)nc(-c3ccccc3-c3ccc(-c4ccc5cc6c(cc5c4)C4(c5ccc7ccccc7c5-6)C5CC6CC(C5)CC4C6)cc3)n2)cc1. The second-order valence-corrected chi connectivity index (χ2v) is 18.0. The maximum atomic E-state index is 5.07. The van der Waals surface area contributed by atoms with Gasteiger partial charge in [0.1, 0.15) is 0 Å². The average Bonchev–Trinajstić information content (AvgIpc) is 3.60. The van der Waals surface area contributed by atoms with Crippen LogP contribution in [0.5, 0.6) is 0 Å². The van der Waals surface area contributed by atoms with E-state index in [4.69, 9.17) is 15.0 Å². The molecule has 0 N–H and O–H groups in total. The maximum Gasteiger partial charge on any atom is 0.164 e. The predicted octanol–water partition coefficient (Wildman–Crippen LogP) is 14.2. The summed E-state index contributed by atoms with van der Waals surface area (Å²) in [5, 5.41) is 5.45. The smallest absolute Gasteiger partial charge is 0.164 e. The van der Waals surface area contributed by atoms with Gasteiger partial charge in [0.05, 0.1) is 0 Å². The summed E-state index contributed by atoms with van der Waals surface area (Å²) in [5.41, 5.74) is 14.0. The van der Waals surface area contributed by atoms with Gasteiger partial charge in [-0.15, -0.1) is 0 Å². The van der Waals surface area contributed by atoms with E-state index in [1.165, 1.54) is 75.9 Å². The summed E-state index contributed by atoms with van der Waals surface area (Å²) in [6.45, 7) is 0. The summed E-state index contributed by atoms with van der Waals surface area (Å²) >= 11 is 0. The fourth-order valence-corrected chi connectivity index (χ4v) is 12.6. The van der Waals surface area contributed by atoms with Crippen molar-refractivity contribution >= 4 is 21.5 Å². The second kappa shape index (κ2) is 13.1. The van der Waals surface area contributed by atoms with E-state index >= 15 is 0 Å². The molecular weight excluding hydrogens is 727 g/mol. The summed E-state index contributed by atoms with van der Waals surface area (Å²) in [7, 11) is 0. The lowest BCUT2D eigenvalue weighted by atomic mass is 9.43. The van der Waals surface area contributed by atoms with Crippen molar-refractivity contribution < 1.29 is 0 Å². The number of hydrogen-bond acceptors (Lipinski definition) is 3. The van der Waals surface area contributed by atoms with Crippen molar-refractivity contribution in [1.82, 2.24) is 15.0 Å². The fourth-order valence-electron chi connectivity index (χ4n) is 12.6. The van der Waals surface area contributed by atoms with Crippen LogP contribution in [0.2, 0.25) is 0 Å². The van der Waals surface area contributed by atoms with Crippen LogP contribution in [-0.4, -0.2) is 15.0 Å². The molecule has 286 valence electrons. The van der Waals surface area contributed by atoms with Crippen molar-refractivity contribution in [3.8, 4) is 67.5 Å². The molecule has 8 aromatic carbocycles. The third kappa shape index (κ3) is 5.11. The Morgan fingerprint density at radius 2 is 0.917 bits per heavy atom. The molecule has 4 saturated carbocycles. The van der Waals surface area contributed by atoms with Crippen molar-refractivity contribution in [3.63, 3.8) is 0 Å². The Labute approximate surface area is 350 Å². The van der Waals surface area contributed by atoms with Crippen LogP contribution in [-0.2, 0) is 5.41 Å². The minimum Gasteiger partial charge on any atom is -0.208 e. The van der Waals surface area contributed by atoms with E-state index in [9.17, 15) is 0 Å². The maximum absolute atomic E-state index is 5.07. The first-order valence-electron chi connectivity index (χ1n) is 21.9. The molecule has 60 heavy (non-hydrogen) atoms. The normalized spacial score (nSPS) is 22.1. The minimum absolute atomic E-state index is 0.129. The van der Waals surface area contributed by atoms with Crippen molar-refractivity contribution in [2.24, 2.45) is 23.7 Å². The molecule has 9 aromatic rings. The first-order valence-corrected chi connectivity index (χ1v) is 21.9. The van der Waals surface area contributed by atoms with E-state index in [1.54, 1.807) is 11.1 Å². The quantitative estimate of drug-likeness (QED) is 0.175. The molecule has 1 aromatic heterocycles. The Balaban J connectivity index is 0.898. The molecule has 0 saturated heterocycles. The van der Waals surface area contributed by atoms with Gasteiger partial charge < -0.3 is 0 Å². The molecule has 4 bridgehead atoms. The van der Waals surface area contributed by atoms with Gasteiger partial charge in [0.25, 0.3) is 0 Å². The van der Waals surface area contributed by atoms with Crippen molar-refractivity contribution in [2.75, 3.05) is 0 Å². The van der Waals surface area contributed by atoms with Crippen LogP contribution >= 0.6 is 0 Å². The van der Waals surface area contributed by atoms with Crippen LogP contribution in [0.3, 0.4) is 0 Å². The molecule has 0 amide bonds. The van der Waals surface area contributed by atoms with Crippen LogP contribution in [0.4, 0.5) is 0 Å². The first-order chi connectivity index (χ1) is 29.7. The number of hydrogen-bond donors (Lipinski definition) is 0. The highest BCUT2D eigenvalue weighted by molar-refractivity contribution is 6.06. The predicted molar refractivity (Wildman–Crippen MR) is 245 cm³/mol. The molecule has 3 heteroatoms. The number of benzene rings is 8. The molecule has 3 nitrogen and oxygen atoms in total. The molecule has 5 aliphatic rings. The third-order valence-corrected chi connectivity index (χ3v) is 14.9. The van der Waals surface area contributed by atoms with E-state index < -0.39 is 0 Å². The minimum atomic E-state index is 0.129. The van der Waals surface area contributed by atoms with E-state index in [0.717, 1.165) is 51.5 Å². The largest absolute Gasteiger partial charge is 0.208 e. The van der Waals surface area contributed by atoms with Gasteiger partial charge in [-0.2, -0.15) is 0 Å².